The van der Waals surface area contributed by atoms with Gasteiger partial charge in [-0.15, -0.1) is 0 Å². The van der Waals surface area contributed by atoms with Gasteiger partial charge in [0.15, 0.2) is 5.82 Å². The Morgan fingerprint density at radius 1 is 1.29 bits per heavy atom. The van der Waals surface area contributed by atoms with Gasteiger partial charge in [0.25, 0.3) is 0 Å². The quantitative estimate of drug-likeness (QED) is 0.793. The van der Waals surface area contributed by atoms with Gasteiger partial charge in [-0.25, -0.2) is 0 Å². The molecule has 4 nitrogen and oxygen atoms in total. The van der Waals surface area contributed by atoms with Gasteiger partial charge in [-0.1, -0.05) is 32.9 Å². The largest absolute Gasteiger partial charge is 0.338 e. The van der Waals surface area contributed by atoms with Crippen molar-refractivity contribution in [2.45, 2.75) is 52.5 Å². The first-order valence-electron chi connectivity index (χ1n) is 6.50. The van der Waals surface area contributed by atoms with Crippen molar-refractivity contribution in [2.24, 2.45) is 5.92 Å². The van der Waals surface area contributed by atoms with Crippen molar-refractivity contribution in [1.29, 1.82) is 0 Å². The fourth-order valence-corrected chi connectivity index (χ4v) is 2.04. The van der Waals surface area contributed by atoms with Gasteiger partial charge in [0, 0.05) is 5.41 Å². The van der Waals surface area contributed by atoms with Crippen LogP contribution in [0.25, 0.3) is 0 Å². The minimum Gasteiger partial charge on any atom is -0.338 e. The zero-order valence-electron chi connectivity index (χ0n) is 11.4. The molecule has 0 radical (unpaired) electrons. The second-order valence-electron chi connectivity index (χ2n) is 6.22. The maximum atomic E-state index is 5.32. The molecule has 1 saturated heterocycles. The highest BCUT2D eigenvalue weighted by atomic mass is 16.5. The molecule has 0 atom stereocenters. The number of rotatable bonds is 2. The lowest BCUT2D eigenvalue weighted by molar-refractivity contribution is 0.165. The standard InChI is InChI=1S/C13H23N3O/c1-10-5-7-16(8-6-10)9-11-14-12(15-17-11)13(2,3)4/h10H,5-9H2,1-4H3. The first-order valence-corrected chi connectivity index (χ1v) is 6.50. The molecule has 0 N–H and O–H groups in total. The van der Waals surface area contributed by atoms with Crippen LogP contribution in [0.3, 0.4) is 0 Å². The van der Waals surface area contributed by atoms with Gasteiger partial charge in [0.1, 0.15) is 0 Å². The van der Waals surface area contributed by atoms with E-state index in [0.717, 1.165) is 37.3 Å². The lowest BCUT2D eigenvalue weighted by atomic mass is 9.96. The lowest BCUT2D eigenvalue weighted by Gasteiger charge is -2.28. The van der Waals surface area contributed by atoms with Crippen molar-refractivity contribution in [3.05, 3.63) is 11.7 Å². The molecule has 0 saturated carbocycles. The van der Waals surface area contributed by atoms with Crippen LogP contribution in [-0.4, -0.2) is 28.1 Å². The zero-order valence-corrected chi connectivity index (χ0v) is 11.4. The fraction of sp³-hybridized carbons (Fsp3) is 0.846. The van der Waals surface area contributed by atoms with Crippen molar-refractivity contribution in [3.8, 4) is 0 Å². The monoisotopic (exact) mass is 237 g/mol. The molecular weight excluding hydrogens is 214 g/mol. The molecule has 0 bridgehead atoms. The highest BCUT2D eigenvalue weighted by molar-refractivity contribution is 4.99. The van der Waals surface area contributed by atoms with Crippen LogP contribution < -0.4 is 0 Å². The summed E-state index contributed by atoms with van der Waals surface area (Å²) in [6.07, 6.45) is 2.56. The van der Waals surface area contributed by atoms with Gasteiger partial charge >= 0.3 is 0 Å². The van der Waals surface area contributed by atoms with Crippen molar-refractivity contribution >= 4 is 0 Å². The van der Waals surface area contributed by atoms with E-state index in [0.29, 0.717) is 0 Å². The minimum atomic E-state index is -0.0296. The van der Waals surface area contributed by atoms with E-state index in [4.69, 9.17) is 4.52 Å². The summed E-state index contributed by atoms with van der Waals surface area (Å²) >= 11 is 0. The summed E-state index contributed by atoms with van der Waals surface area (Å²) in [5, 5.41) is 4.06. The van der Waals surface area contributed by atoms with E-state index in [1.165, 1.54) is 12.8 Å². The van der Waals surface area contributed by atoms with Crippen LogP contribution in [0.5, 0.6) is 0 Å². The second kappa shape index (κ2) is 4.77. The summed E-state index contributed by atoms with van der Waals surface area (Å²) in [5.41, 5.74) is -0.0296. The third-order valence-electron chi connectivity index (χ3n) is 3.37. The SMILES string of the molecule is CC1CCN(Cc2nc(C(C)(C)C)no2)CC1. The molecular formula is C13H23N3O. The van der Waals surface area contributed by atoms with Crippen LogP contribution in [0.4, 0.5) is 0 Å². The second-order valence-corrected chi connectivity index (χ2v) is 6.22. The Balaban J connectivity index is 1.93. The third kappa shape index (κ3) is 3.28. The molecule has 96 valence electrons. The zero-order chi connectivity index (χ0) is 12.5. The molecule has 0 aliphatic carbocycles. The van der Waals surface area contributed by atoms with Crippen LogP contribution in [0.15, 0.2) is 4.52 Å². The number of nitrogens with zero attached hydrogens (tertiary/aromatic N) is 3. The Labute approximate surface area is 103 Å². The van der Waals surface area contributed by atoms with Crippen LogP contribution in [-0.2, 0) is 12.0 Å². The molecule has 0 amide bonds. The molecule has 0 spiro atoms. The minimum absolute atomic E-state index is 0.0296. The third-order valence-corrected chi connectivity index (χ3v) is 3.37. The summed E-state index contributed by atoms with van der Waals surface area (Å²) in [6.45, 7) is 11.7. The van der Waals surface area contributed by atoms with E-state index in [2.05, 4.69) is 42.7 Å². The van der Waals surface area contributed by atoms with Crippen LogP contribution in [0.2, 0.25) is 0 Å². The molecule has 4 heteroatoms. The van der Waals surface area contributed by atoms with Gasteiger partial charge in [0.2, 0.25) is 5.89 Å². The first kappa shape index (κ1) is 12.6. The van der Waals surface area contributed by atoms with E-state index in [1.807, 2.05) is 0 Å². The van der Waals surface area contributed by atoms with Crippen LogP contribution in [0, 0.1) is 5.92 Å². The fourth-order valence-electron chi connectivity index (χ4n) is 2.04. The summed E-state index contributed by atoms with van der Waals surface area (Å²) in [7, 11) is 0. The molecule has 2 heterocycles. The number of piperidine rings is 1. The topological polar surface area (TPSA) is 42.2 Å². The van der Waals surface area contributed by atoms with Crippen molar-refractivity contribution in [2.75, 3.05) is 13.1 Å². The predicted molar refractivity (Wildman–Crippen MR) is 66.7 cm³/mol. The van der Waals surface area contributed by atoms with E-state index >= 15 is 0 Å². The molecule has 2 rings (SSSR count). The number of likely N-dealkylation sites (tertiary alicyclic amines) is 1. The highest BCUT2D eigenvalue weighted by Crippen LogP contribution is 2.20. The highest BCUT2D eigenvalue weighted by Gasteiger charge is 2.23. The van der Waals surface area contributed by atoms with Crippen LogP contribution in [0.1, 0.15) is 52.3 Å². The molecule has 0 unspecified atom stereocenters. The van der Waals surface area contributed by atoms with Gasteiger partial charge in [0.05, 0.1) is 6.54 Å². The van der Waals surface area contributed by atoms with E-state index < -0.39 is 0 Å². The van der Waals surface area contributed by atoms with Crippen molar-refractivity contribution < 1.29 is 4.52 Å². The van der Waals surface area contributed by atoms with E-state index in [1.54, 1.807) is 0 Å². The smallest absolute Gasteiger partial charge is 0.240 e. The van der Waals surface area contributed by atoms with Gasteiger partial charge in [-0.2, -0.15) is 4.98 Å². The Kier molecular flexibility index (Phi) is 3.52. The maximum absolute atomic E-state index is 5.32. The molecule has 0 aromatic carbocycles. The normalized spacial score (nSPS) is 19.8. The average Bonchev–Trinajstić information content (AvgIpc) is 2.69. The first-order chi connectivity index (χ1) is 7.95. The summed E-state index contributed by atoms with van der Waals surface area (Å²) in [4.78, 5) is 6.88. The number of hydrogen-bond acceptors (Lipinski definition) is 4. The average molecular weight is 237 g/mol. The lowest BCUT2D eigenvalue weighted by Crippen LogP contribution is -2.32. The van der Waals surface area contributed by atoms with E-state index in [9.17, 15) is 0 Å². The van der Waals surface area contributed by atoms with Gasteiger partial charge < -0.3 is 4.52 Å². The number of aromatic nitrogens is 2. The summed E-state index contributed by atoms with van der Waals surface area (Å²) in [6, 6.07) is 0. The Morgan fingerprint density at radius 3 is 2.47 bits per heavy atom. The molecule has 17 heavy (non-hydrogen) atoms. The Bertz CT molecular complexity index is 359. The van der Waals surface area contributed by atoms with Crippen LogP contribution >= 0.6 is 0 Å². The Morgan fingerprint density at radius 2 is 1.94 bits per heavy atom. The summed E-state index contributed by atoms with van der Waals surface area (Å²) < 4.78 is 5.32. The van der Waals surface area contributed by atoms with Crippen molar-refractivity contribution in [3.63, 3.8) is 0 Å². The van der Waals surface area contributed by atoms with Gasteiger partial charge in [-0.05, 0) is 31.8 Å². The molecule has 1 aromatic rings. The van der Waals surface area contributed by atoms with E-state index in [-0.39, 0.29) is 5.41 Å². The number of hydrogen-bond donors (Lipinski definition) is 0. The molecule has 1 aliphatic heterocycles. The molecule has 1 aliphatic rings. The molecule has 1 fully saturated rings. The van der Waals surface area contributed by atoms with Crippen molar-refractivity contribution in [1.82, 2.24) is 15.0 Å². The maximum Gasteiger partial charge on any atom is 0.240 e. The predicted octanol–water partition coefficient (Wildman–Crippen LogP) is 2.60. The molecule has 1 aromatic heterocycles. The summed E-state index contributed by atoms with van der Waals surface area (Å²) in [5.74, 6) is 2.42. The Hall–Kier alpha value is -0.900. The van der Waals surface area contributed by atoms with Gasteiger partial charge in [-0.3, -0.25) is 4.90 Å².